The van der Waals surface area contributed by atoms with Crippen LogP contribution in [0.3, 0.4) is 0 Å². The van der Waals surface area contributed by atoms with Crippen LogP contribution >= 0.6 is 11.6 Å². The molecule has 0 aromatic carbocycles. The Morgan fingerprint density at radius 3 is 2.63 bits per heavy atom. The quantitative estimate of drug-likeness (QED) is 0.753. The summed E-state index contributed by atoms with van der Waals surface area (Å²) >= 11 is 5.94. The van der Waals surface area contributed by atoms with Gasteiger partial charge in [0.15, 0.2) is 0 Å². The Balaban J connectivity index is 2.93. The number of carbonyl (C=O) groups is 2. The first-order chi connectivity index (χ1) is 9.03. The molecule has 0 fully saturated rings. The van der Waals surface area contributed by atoms with E-state index in [1.807, 2.05) is 18.4 Å². The van der Waals surface area contributed by atoms with E-state index in [1.54, 1.807) is 12.3 Å². The summed E-state index contributed by atoms with van der Waals surface area (Å²) in [5.41, 5.74) is 0.498. The zero-order chi connectivity index (χ0) is 14.4. The molecular formula is C13H19ClN2O3. The molecule has 0 aliphatic rings. The molecule has 6 heteroatoms. The number of rotatable bonds is 6. The minimum atomic E-state index is -0.435. The monoisotopic (exact) mass is 286 g/mol. The van der Waals surface area contributed by atoms with Gasteiger partial charge in [0.2, 0.25) is 0 Å². The Morgan fingerprint density at radius 1 is 1.42 bits per heavy atom. The first-order valence-corrected chi connectivity index (χ1v) is 6.63. The summed E-state index contributed by atoms with van der Waals surface area (Å²) in [7, 11) is 1.30. The van der Waals surface area contributed by atoms with Crippen LogP contribution in [0.2, 0.25) is 5.02 Å². The van der Waals surface area contributed by atoms with Gasteiger partial charge in [0, 0.05) is 19.3 Å². The maximum absolute atomic E-state index is 12.4. The number of carbonyl (C=O) groups excluding carboxylic acids is 2. The average molecular weight is 287 g/mol. The first-order valence-electron chi connectivity index (χ1n) is 6.25. The van der Waals surface area contributed by atoms with Gasteiger partial charge < -0.3 is 14.2 Å². The van der Waals surface area contributed by atoms with Crippen molar-refractivity contribution in [2.24, 2.45) is 0 Å². The Bertz CT molecular complexity index is 457. The Labute approximate surface area is 118 Å². The van der Waals surface area contributed by atoms with Crippen LogP contribution in [0.15, 0.2) is 12.3 Å². The lowest BCUT2D eigenvalue weighted by Gasteiger charge is -2.20. The van der Waals surface area contributed by atoms with Gasteiger partial charge in [-0.1, -0.05) is 18.5 Å². The molecule has 5 nitrogen and oxygen atoms in total. The number of aryl methyl sites for hydroxylation is 1. The molecule has 1 amide bonds. The van der Waals surface area contributed by atoms with E-state index in [4.69, 9.17) is 11.6 Å². The summed E-state index contributed by atoms with van der Waals surface area (Å²) in [4.78, 5) is 25.1. The lowest BCUT2D eigenvalue weighted by molar-refractivity contribution is -0.141. The second-order valence-corrected chi connectivity index (χ2v) is 4.57. The van der Waals surface area contributed by atoms with E-state index in [1.165, 1.54) is 12.0 Å². The van der Waals surface area contributed by atoms with Crippen molar-refractivity contribution in [3.05, 3.63) is 23.0 Å². The fourth-order valence-corrected chi connectivity index (χ4v) is 2.01. The Morgan fingerprint density at radius 2 is 2.11 bits per heavy atom. The summed E-state index contributed by atoms with van der Waals surface area (Å²) in [6, 6.07) is 1.62. The molecule has 0 saturated heterocycles. The lowest BCUT2D eigenvalue weighted by atomic mass is 10.3. The molecule has 19 heavy (non-hydrogen) atoms. The minimum absolute atomic E-state index is 0.0548. The van der Waals surface area contributed by atoms with Gasteiger partial charge in [-0.05, 0) is 19.4 Å². The summed E-state index contributed by atoms with van der Waals surface area (Å²) in [6.07, 6.45) is 2.62. The number of hydrogen-bond donors (Lipinski definition) is 0. The standard InChI is InChI=1S/C13H19ClN2O3/c1-4-6-16-8-10(14)7-11(16)13(18)15(5-2)9-12(17)19-3/h7-8H,4-6,9H2,1-3H3. The van der Waals surface area contributed by atoms with Gasteiger partial charge in [-0.3, -0.25) is 9.59 Å². The van der Waals surface area contributed by atoms with Gasteiger partial charge in [-0.25, -0.2) is 0 Å². The zero-order valence-corrected chi connectivity index (χ0v) is 12.2. The Hall–Kier alpha value is -1.49. The molecule has 1 heterocycles. The van der Waals surface area contributed by atoms with Gasteiger partial charge in [-0.2, -0.15) is 0 Å². The number of halogens is 1. The number of nitrogens with zero attached hydrogens (tertiary/aromatic N) is 2. The van der Waals surface area contributed by atoms with E-state index in [2.05, 4.69) is 4.74 Å². The molecule has 0 aliphatic carbocycles. The fraction of sp³-hybridized carbons (Fsp3) is 0.538. The number of hydrogen-bond acceptors (Lipinski definition) is 3. The molecule has 0 N–H and O–H groups in total. The second-order valence-electron chi connectivity index (χ2n) is 4.13. The van der Waals surface area contributed by atoms with Crippen LogP contribution in [0.5, 0.6) is 0 Å². The molecule has 0 spiro atoms. The topological polar surface area (TPSA) is 51.5 Å². The van der Waals surface area contributed by atoms with Crippen LogP contribution in [-0.4, -0.2) is 41.5 Å². The third-order valence-corrected chi connectivity index (χ3v) is 2.97. The van der Waals surface area contributed by atoms with E-state index < -0.39 is 5.97 Å². The molecule has 0 radical (unpaired) electrons. The molecule has 0 bridgehead atoms. The van der Waals surface area contributed by atoms with Crippen LogP contribution in [0, 0.1) is 0 Å². The minimum Gasteiger partial charge on any atom is -0.468 e. The summed E-state index contributed by atoms with van der Waals surface area (Å²) in [6.45, 7) is 4.93. The van der Waals surface area contributed by atoms with Gasteiger partial charge in [0.05, 0.1) is 12.1 Å². The van der Waals surface area contributed by atoms with E-state index in [0.29, 0.717) is 23.8 Å². The van der Waals surface area contributed by atoms with Crippen LogP contribution in [0.1, 0.15) is 30.8 Å². The summed E-state index contributed by atoms with van der Waals surface area (Å²) < 4.78 is 6.40. The molecule has 1 aromatic rings. The summed E-state index contributed by atoms with van der Waals surface area (Å²) in [5.74, 6) is -0.650. The van der Waals surface area contributed by atoms with Crippen molar-refractivity contribution in [1.29, 1.82) is 0 Å². The molecular weight excluding hydrogens is 268 g/mol. The van der Waals surface area contributed by atoms with Crippen molar-refractivity contribution >= 4 is 23.5 Å². The van der Waals surface area contributed by atoms with Crippen molar-refractivity contribution in [3.8, 4) is 0 Å². The highest BCUT2D eigenvalue weighted by Gasteiger charge is 2.21. The van der Waals surface area contributed by atoms with Crippen molar-refractivity contribution in [2.75, 3.05) is 20.2 Å². The van der Waals surface area contributed by atoms with Gasteiger partial charge in [0.25, 0.3) is 5.91 Å². The van der Waals surface area contributed by atoms with Crippen molar-refractivity contribution in [3.63, 3.8) is 0 Å². The molecule has 0 atom stereocenters. The van der Waals surface area contributed by atoms with E-state index in [9.17, 15) is 9.59 Å². The third-order valence-electron chi connectivity index (χ3n) is 2.76. The molecule has 1 rings (SSSR count). The highest BCUT2D eigenvalue weighted by Crippen LogP contribution is 2.16. The smallest absolute Gasteiger partial charge is 0.325 e. The van der Waals surface area contributed by atoms with Crippen molar-refractivity contribution < 1.29 is 14.3 Å². The predicted molar refractivity (Wildman–Crippen MR) is 73.3 cm³/mol. The van der Waals surface area contributed by atoms with Gasteiger partial charge >= 0.3 is 5.97 Å². The Kier molecular flexibility index (Phi) is 5.89. The number of esters is 1. The molecule has 106 valence electrons. The first kappa shape index (κ1) is 15.6. The maximum Gasteiger partial charge on any atom is 0.325 e. The maximum atomic E-state index is 12.4. The fourth-order valence-electron chi connectivity index (χ4n) is 1.79. The van der Waals surface area contributed by atoms with Gasteiger partial charge in [0.1, 0.15) is 12.2 Å². The number of amides is 1. The molecule has 0 saturated carbocycles. The second kappa shape index (κ2) is 7.19. The average Bonchev–Trinajstić information content (AvgIpc) is 2.76. The van der Waals surface area contributed by atoms with E-state index >= 15 is 0 Å². The normalized spacial score (nSPS) is 10.3. The molecule has 0 unspecified atom stereocenters. The van der Waals surface area contributed by atoms with Crippen molar-refractivity contribution in [2.45, 2.75) is 26.8 Å². The van der Waals surface area contributed by atoms with Crippen molar-refractivity contribution in [1.82, 2.24) is 9.47 Å². The highest BCUT2D eigenvalue weighted by molar-refractivity contribution is 6.31. The SMILES string of the molecule is CCCn1cc(Cl)cc1C(=O)N(CC)CC(=O)OC. The molecule has 0 aliphatic heterocycles. The zero-order valence-electron chi connectivity index (χ0n) is 11.5. The number of ether oxygens (including phenoxy) is 1. The van der Waals surface area contributed by atoms with E-state index in [-0.39, 0.29) is 12.5 Å². The largest absolute Gasteiger partial charge is 0.468 e. The number of methoxy groups -OCH3 is 1. The third kappa shape index (κ3) is 3.99. The number of aromatic nitrogens is 1. The summed E-state index contributed by atoms with van der Waals surface area (Å²) in [5, 5.41) is 0.519. The number of likely N-dealkylation sites (N-methyl/N-ethyl adjacent to an activating group) is 1. The van der Waals surface area contributed by atoms with Crippen LogP contribution in [0.4, 0.5) is 0 Å². The van der Waals surface area contributed by atoms with Crippen LogP contribution < -0.4 is 0 Å². The van der Waals surface area contributed by atoms with Crippen LogP contribution in [-0.2, 0) is 16.1 Å². The van der Waals surface area contributed by atoms with Crippen LogP contribution in [0.25, 0.3) is 0 Å². The molecule has 1 aromatic heterocycles. The highest BCUT2D eigenvalue weighted by atomic mass is 35.5. The lowest BCUT2D eigenvalue weighted by Crippen LogP contribution is -2.37. The van der Waals surface area contributed by atoms with Gasteiger partial charge in [-0.15, -0.1) is 0 Å². The van der Waals surface area contributed by atoms with E-state index in [0.717, 1.165) is 6.42 Å². The predicted octanol–water partition coefficient (Wildman–Crippen LogP) is 2.19.